The molecule has 2 aromatic heterocycles. The van der Waals surface area contributed by atoms with E-state index in [4.69, 9.17) is 4.52 Å². The number of nitrogens with zero attached hydrogens (tertiary/aromatic N) is 2. The van der Waals surface area contributed by atoms with E-state index < -0.39 is 23.4 Å². The molecule has 9 heteroatoms. The summed E-state index contributed by atoms with van der Waals surface area (Å²) in [6.07, 6.45) is -1.11. The number of alkyl halides is 3. The van der Waals surface area contributed by atoms with Gasteiger partial charge in [-0.25, -0.2) is 4.79 Å². The SMILES string of the molecule is CC(C)(c1cc(NC(=O)Nc2ccc(-c3cccnc3)cc2)no1)C(F)(F)F. The van der Waals surface area contributed by atoms with Gasteiger partial charge in [-0.1, -0.05) is 23.4 Å². The smallest absolute Gasteiger partial charge is 0.358 e. The number of benzene rings is 1. The molecule has 0 bridgehead atoms. The van der Waals surface area contributed by atoms with E-state index in [9.17, 15) is 18.0 Å². The van der Waals surface area contributed by atoms with Gasteiger partial charge in [-0.15, -0.1) is 0 Å². The molecular weight excluding hydrogens is 373 g/mol. The number of pyridine rings is 1. The van der Waals surface area contributed by atoms with E-state index in [0.717, 1.165) is 31.0 Å². The highest BCUT2D eigenvalue weighted by Gasteiger charge is 2.51. The van der Waals surface area contributed by atoms with Crippen molar-refractivity contribution >= 4 is 17.5 Å². The first-order valence-corrected chi connectivity index (χ1v) is 8.29. The molecule has 3 aromatic rings. The lowest BCUT2D eigenvalue weighted by atomic mass is 9.89. The normalized spacial score (nSPS) is 11.9. The number of urea groups is 1. The molecule has 6 nitrogen and oxygen atoms in total. The van der Waals surface area contributed by atoms with Crippen molar-refractivity contribution in [3.8, 4) is 11.1 Å². The summed E-state index contributed by atoms with van der Waals surface area (Å²) in [5, 5.41) is 8.40. The average Bonchev–Trinajstić information content (AvgIpc) is 3.11. The second-order valence-corrected chi connectivity index (χ2v) is 6.60. The number of nitrogens with one attached hydrogen (secondary N) is 2. The van der Waals surface area contributed by atoms with Crippen LogP contribution in [0.4, 0.5) is 29.5 Å². The van der Waals surface area contributed by atoms with Gasteiger partial charge < -0.3 is 9.84 Å². The molecule has 3 rings (SSSR count). The molecule has 0 aliphatic rings. The van der Waals surface area contributed by atoms with Gasteiger partial charge in [0.25, 0.3) is 0 Å². The Balaban J connectivity index is 1.63. The van der Waals surface area contributed by atoms with E-state index in [-0.39, 0.29) is 5.82 Å². The Morgan fingerprint density at radius 1 is 1.04 bits per heavy atom. The fourth-order valence-corrected chi connectivity index (χ4v) is 2.33. The number of carbonyl (C=O) groups is 1. The Labute approximate surface area is 158 Å². The minimum atomic E-state index is -4.51. The quantitative estimate of drug-likeness (QED) is 0.640. The minimum absolute atomic E-state index is 0.114. The lowest BCUT2D eigenvalue weighted by Crippen LogP contribution is -2.35. The molecule has 0 unspecified atom stereocenters. The molecule has 0 atom stereocenters. The summed E-state index contributed by atoms with van der Waals surface area (Å²) >= 11 is 0. The van der Waals surface area contributed by atoms with E-state index in [1.165, 1.54) is 0 Å². The summed E-state index contributed by atoms with van der Waals surface area (Å²) in [6.45, 7) is 1.95. The Bertz CT molecular complexity index is 951. The first kappa shape index (κ1) is 19.4. The zero-order valence-electron chi connectivity index (χ0n) is 15.0. The van der Waals surface area contributed by atoms with E-state index in [1.54, 1.807) is 24.5 Å². The van der Waals surface area contributed by atoms with Crippen molar-refractivity contribution in [2.24, 2.45) is 0 Å². The predicted octanol–water partition coefficient (Wildman–Crippen LogP) is 5.22. The molecular formula is C19H17F3N4O2. The molecule has 0 fully saturated rings. The van der Waals surface area contributed by atoms with Crippen molar-refractivity contribution in [2.45, 2.75) is 25.4 Å². The average molecular weight is 390 g/mol. The van der Waals surface area contributed by atoms with Gasteiger partial charge in [-0.05, 0) is 43.2 Å². The fraction of sp³-hybridized carbons (Fsp3) is 0.211. The zero-order chi connectivity index (χ0) is 20.4. The van der Waals surface area contributed by atoms with Crippen LogP contribution in [-0.4, -0.2) is 22.3 Å². The van der Waals surface area contributed by atoms with Crippen LogP contribution in [0.3, 0.4) is 0 Å². The van der Waals surface area contributed by atoms with Crippen LogP contribution < -0.4 is 10.6 Å². The molecule has 0 aliphatic carbocycles. The van der Waals surface area contributed by atoms with Crippen molar-refractivity contribution in [2.75, 3.05) is 10.6 Å². The molecule has 0 saturated carbocycles. The van der Waals surface area contributed by atoms with Crippen LogP contribution in [0.2, 0.25) is 0 Å². The Morgan fingerprint density at radius 2 is 1.75 bits per heavy atom. The first-order chi connectivity index (χ1) is 13.2. The fourth-order valence-electron chi connectivity index (χ4n) is 2.33. The minimum Gasteiger partial charge on any atom is -0.358 e. The standard InChI is InChI=1S/C19H17F3N4O2/c1-18(2,19(20,21)22)15-10-16(26-28-15)25-17(27)24-14-7-5-12(6-8-14)13-4-3-9-23-11-13/h3-11H,1-2H3,(H2,24,25,26,27). The molecule has 1 aromatic carbocycles. The summed E-state index contributed by atoms with van der Waals surface area (Å²) < 4.78 is 43.9. The lowest BCUT2D eigenvalue weighted by Gasteiger charge is -2.24. The predicted molar refractivity (Wildman–Crippen MR) is 97.9 cm³/mol. The van der Waals surface area contributed by atoms with Gasteiger partial charge in [0, 0.05) is 24.1 Å². The molecule has 0 aliphatic heterocycles. The number of hydrogen-bond donors (Lipinski definition) is 2. The lowest BCUT2D eigenvalue weighted by molar-refractivity contribution is -0.185. The first-order valence-electron chi connectivity index (χ1n) is 8.29. The van der Waals surface area contributed by atoms with Crippen molar-refractivity contribution in [1.29, 1.82) is 0 Å². The van der Waals surface area contributed by atoms with Crippen LogP contribution in [0.1, 0.15) is 19.6 Å². The van der Waals surface area contributed by atoms with Gasteiger partial charge in [0.2, 0.25) is 0 Å². The van der Waals surface area contributed by atoms with Crippen LogP contribution in [0.15, 0.2) is 59.4 Å². The zero-order valence-corrected chi connectivity index (χ0v) is 15.0. The monoisotopic (exact) mass is 390 g/mol. The molecule has 2 amide bonds. The van der Waals surface area contributed by atoms with Gasteiger partial charge in [0.1, 0.15) is 5.41 Å². The topological polar surface area (TPSA) is 80.0 Å². The molecule has 146 valence electrons. The molecule has 28 heavy (non-hydrogen) atoms. The summed E-state index contributed by atoms with van der Waals surface area (Å²) in [5.41, 5.74) is 0.137. The Hall–Kier alpha value is -3.36. The summed E-state index contributed by atoms with van der Waals surface area (Å²) in [6, 6.07) is 11.1. The van der Waals surface area contributed by atoms with E-state index in [0.29, 0.717) is 5.69 Å². The highest BCUT2D eigenvalue weighted by Crippen LogP contribution is 2.41. The van der Waals surface area contributed by atoms with Gasteiger partial charge >= 0.3 is 12.2 Å². The van der Waals surface area contributed by atoms with Gasteiger partial charge in [0.15, 0.2) is 11.6 Å². The maximum Gasteiger partial charge on any atom is 0.401 e. The molecule has 0 saturated heterocycles. The van der Waals surface area contributed by atoms with Crippen molar-refractivity contribution in [3.05, 3.63) is 60.6 Å². The summed E-state index contributed by atoms with van der Waals surface area (Å²) in [5.74, 6) is -0.507. The van der Waals surface area contributed by atoms with Crippen molar-refractivity contribution in [1.82, 2.24) is 10.1 Å². The van der Waals surface area contributed by atoms with E-state index >= 15 is 0 Å². The molecule has 2 N–H and O–H groups in total. The van der Waals surface area contributed by atoms with Crippen LogP contribution in [-0.2, 0) is 5.41 Å². The number of carbonyl (C=O) groups excluding carboxylic acids is 1. The third-order valence-electron chi connectivity index (χ3n) is 4.21. The van der Waals surface area contributed by atoms with Crippen molar-refractivity contribution < 1.29 is 22.5 Å². The van der Waals surface area contributed by atoms with Crippen LogP contribution in [0.25, 0.3) is 11.1 Å². The number of aromatic nitrogens is 2. The van der Waals surface area contributed by atoms with Gasteiger partial charge in [-0.3, -0.25) is 10.3 Å². The van der Waals surface area contributed by atoms with Crippen LogP contribution >= 0.6 is 0 Å². The number of anilines is 2. The van der Waals surface area contributed by atoms with Crippen LogP contribution in [0, 0.1) is 0 Å². The summed E-state index contributed by atoms with van der Waals surface area (Å²) in [7, 11) is 0. The Morgan fingerprint density at radius 3 is 2.36 bits per heavy atom. The van der Waals surface area contributed by atoms with E-state index in [1.807, 2.05) is 24.3 Å². The maximum absolute atomic E-state index is 13.0. The van der Waals surface area contributed by atoms with Crippen LogP contribution in [0.5, 0.6) is 0 Å². The third kappa shape index (κ3) is 4.13. The molecule has 0 spiro atoms. The number of hydrogen-bond acceptors (Lipinski definition) is 4. The second kappa shape index (κ2) is 7.34. The highest BCUT2D eigenvalue weighted by atomic mass is 19.4. The second-order valence-electron chi connectivity index (χ2n) is 6.60. The van der Waals surface area contributed by atoms with Gasteiger partial charge in [-0.2, -0.15) is 13.2 Å². The number of amides is 2. The number of halogens is 3. The maximum atomic E-state index is 13.0. The van der Waals surface area contributed by atoms with Gasteiger partial charge in [0.05, 0.1) is 0 Å². The van der Waals surface area contributed by atoms with E-state index in [2.05, 4.69) is 20.8 Å². The largest absolute Gasteiger partial charge is 0.401 e. The Kier molecular flexibility index (Phi) is 5.08. The molecule has 2 heterocycles. The third-order valence-corrected chi connectivity index (χ3v) is 4.21. The summed E-state index contributed by atoms with van der Waals surface area (Å²) in [4.78, 5) is 16.1. The van der Waals surface area contributed by atoms with Crippen molar-refractivity contribution in [3.63, 3.8) is 0 Å². The highest BCUT2D eigenvalue weighted by molar-refractivity contribution is 5.99. The molecule has 0 radical (unpaired) electrons. The number of rotatable bonds is 4.